The van der Waals surface area contributed by atoms with Crippen LogP contribution in [0.4, 0.5) is 5.69 Å². The third-order valence-corrected chi connectivity index (χ3v) is 6.52. The summed E-state index contributed by atoms with van der Waals surface area (Å²) in [5, 5.41) is 35.7. The second-order valence-electron chi connectivity index (χ2n) is 8.06. The predicted octanol–water partition coefficient (Wildman–Crippen LogP) is 2.19. The largest absolute Gasteiger partial charge is 0.493 e. The molecule has 0 aliphatic heterocycles. The summed E-state index contributed by atoms with van der Waals surface area (Å²) in [4.78, 5) is 27.3. The van der Waals surface area contributed by atoms with Gasteiger partial charge in [-0.25, -0.2) is 9.59 Å². The molecule has 0 saturated carbocycles. The smallest absolute Gasteiger partial charge is 0.348 e. The van der Waals surface area contributed by atoms with Crippen LogP contribution in [0.25, 0.3) is 5.69 Å². The zero-order chi connectivity index (χ0) is 28.1. The van der Waals surface area contributed by atoms with Gasteiger partial charge in [0.25, 0.3) is 0 Å². The zero-order valence-corrected chi connectivity index (χ0v) is 21.7. The number of H-pyrrole nitrogens is 1. The predicted molar refractivity (Wildman–Crippen MR) is 144 cm³/mol. The van der Waals surface area contributed by atoms with Crippen molar-refractivity contribution >= 4 is 28.8 Å². The van der Waals surface area contributed by atoms with Crippen molar-refractivity contribution in [3.8, 4) is 22.9 Å². The number of nitrogens with one attached hydrogen (secondary N) is 3. The molecule has 0 bridgehead atoms. The van der Waals surface area contributed by atoms with E-state index in [-0.39, 0.29) is 41.2 Å². The Kier molecular flexibility index (Phi) is 8.17. The maximum atomic E-state index is 12.9. The number of aliphatic hydroxyl groups is 1. The summed E-state index contributed by atoms with van der Waals surface area (Å²) in [6.45, 7) is -0.237. The van der Waals surface area contributed by atoms with Gasteiger partial charge < -0.3 is 35.5 Å². The van der Waals surface area contributed by atoms with Gasteiger partial charge in [0.05, 0.1) is 26.5 Å². The highest BCUT2D eigenvalue weighted by atomic mass is 32.1. The first-order valence-corrected chi connectivity index (χ1v) is 12.4. The number of carboxylic acid groups (broad SMARTS) is 1. The van der Waals surface area contributed by atoms with Crippen LogP contribution in [0.1, 0.15) is 32.7 Å². The van der Waals surface area contributed by atoms with Crippen molar-refractivity contribution in [1.29, 1.82) is 5.41 Å². The maximum Gasteiger partial charge on any atom is 0.348 e. The van der Waals surface area contributed by atoms with Crippen LogP contribution >= 0.6 is 11.3 Å². The van der Waals surface area contributed by atoms with E-state index in [2.05, 4.69) is 15.4 Å². The van der Waals surface area contributed by atoms with Crippen LogP contribution in [0.3, 0.4) is 0 Å². The molecule has 0 amide bonds. The Labute approximate surface area is 225 Å². The number of methoxy groups -OCH3 is 2. The number of carbonyl (C=O) groups is 1. The lowest BCUT2D eigenvalue weighted by atomic mass is 10.0. The fraction of sp³-hybridized carbons (Fsp3) is 0.200. The Hall–Kier alpha value is -4.82. The van der Waals surface area contributed by atoms with Gasteiger partial charge in [-0.2, -0.15) is 4.68 Å². The molecular weight excluding hydrogens is 528 g/mol. The van der Waals surface area contributed by atoms with Crippen LogP contribution in [0.2, 0.25) is 0 Å². The topological polar surface area (TPSA) is 198 Å². The molecule has 0 saturated heterocycles. The quantitative estimate of drug-likeness (QED) is 0.111. The number of nitrogens with two attached hydrogens (primary N) is 1. The molecule has 7 N–H and O–H groups in total. The van der Waals surface area contributed by atoms with Crippen molar-refractivity contribution in [2.24, 2.45) is 5.73 Å². The number of carboxylic acids is 1. The van der Waals surface area contributed by atoms with Crippen LogP contribution < -0.4 is 31.0 Å². The van der Waals surface area contributed by atoms with Crippen molar-refractivity contribution in [2.75, 3.05) is 32.8 Å². The van der Waals surface area contributed by atoms with Crippen LogP contribution in [0, 0.1) is 5.41 Å². The minimum atomic E-state index is -1.18. The molecule has 0 spiro atoms. The summed E-state index contributed by atoms with van der Waals surface area (Å²) in [6, 6.07) is 10.8. The van der Waals surface area contributed by atoms with Crippen molar-refractivity contribution in [1.82, 2.24) is 14.8 Å². The number of nitrogen functional groups attached to an aromatic ring is 1. The number of hydrogen-bond donors (Lipinski definition) is 6. The molecule has 0 fully saturated rings. The summed E-state index contributed by atoms with van der Waals surface area (Å²) in [5.41, 5.74) is 6.74. The summed E-state index contributed by atoms with van der Waals surface area (Å²) in [7, 11) is 2.91. The number of aromatic amines is 1. The Morgan fingerprint density at radius 3 is 2.54 bits per heavy atom. The molecule has 1 atom stereocenters. The van der Waals surface area contributed by atoms with E-state index in [1.54, 1.807) is 41.8 Å². The number of nitrogens with zero attached hydrogens (tertiary/aromatic N) is 2. The zero-order valence-electron chi connectivity index (χ0n) is 20.9. The molecule has 204 valence electrons. The summed E-state index contributed by atoms with van der Waals surface area (Å²) in [5.74, 6) is -0.179. The molecule has 0 unspecified atom stereocenters. The van der Waals surface area contributed by atoms with E-state index in [4.69, 9.17) is 25.4 Å². The van der Waals surface area contributed by atoms with Crippen LogP contribution in [-0.2, 0) is 0 Å². The fourth-order valence-electron chi connectivity index (χ4n) is 3.86. The van der Waals surface area contributed by atoms with E-state index in [1.165, 1.54) is 20.3 Å². The molecule has 0 aliphatic rings. The monoisotopic (exact) mass is 554 g/mol. The van der Waals surface area contributed by atoms with E-state index >= 15 is 0 Å². The number of hydrogen-bond acceptors (Lipinski definition) is 10. The van der Waals surface area contributed by atoms with Gasteiger partial charge in [0, 0.05) is 11.3 Å². The number of aliphatic hydroxyl groups excluding tert-OH is 1. The molecule has 4 rings (SSSR count). The van der Waals surface area contributed by atoms with Gasteiger partial charge in [0.1, 0.15) is 23.4 Å². The third-order valence-electron chi connectivity index (χ3n) is 5.63. The lowest BCUT2D eigenvalue weighted by Crippen LogP contribution is -2.17. The van der Waals surface area contributed by atoms with Gasteiger partial charge in [-0.1, -0.05) is 0 Å². The van der Waals surface area contributed by atoms with Gasteiger partial charge in [0.15, 0.2) is 17.3 Å². The molecule has 13 nitrogen and oxygen atoms in total. The van der Waals surface area contributed by atoms with E-state index in [0.717, 1.165) is 16.0 Å². The molecule has 14 heteroatoms. The highest BCUT2D eigenvalue weighted by Gasteiger charge is 2.26. The first-order valence-electron chi connectivity index (χ1n) is 11.5. The van der Waals surface area contributed by atoms with Crippen molar-refractivity contribution in [2.45, 2.75) is 6.04 Å². The number of ether oxygens (including phenoxy) is 3. The Morgan fingerprint density at radius 2 is 1.92 bits per heavy atom. The van der Waals surface area contributed by atoms with Gasteiger partial charge >= 0.3 is 11.7 Å². The van der Waals surface area contributed by atoms with Crippen LogP contribution in [-0.4, -0.2) is 64.2 Å². The molecule has 2 aromatic carbocycles. The normalized spacial score (nSPS) is 11.6. The van der Waals surface area contributed by atoms with E-state index in [1.807, 2.05) is 0 Å². The lowest BCUT2D eigenvalue weighted by molar-refractivity contribution is 0.0702. The summed E-state index contributed by atoms with van der Waals surface area (Å²) < 4.78 is 17.6. The second kappa shape index (κ2) is 11.7. The standard InChI is InChI=1S/C25H26N6O7S/c1-36-17-11-14(12-18(20(17)37-2)38-9-8-32)19(28-15-5-3-13(4-6-15)22(26)27)23-29-25(35)31(30-23)16-7-10-39-21(16)24(33)34/h3-7,10-12,19,28,32H,8-9H2,1-2H3,(H3,26,27)(H,33,34)(H,29,30,35)/t19-/m0/s1. The minimum Gasteiger partial charge on any atom is -0.493 e. The van der Waals surface area contributed by atoms with Gasteiger partial charge in [-0.05, 0) is 53.4 Å². The van der Waals surface area contributed by atoms with E-state index < -0.39 is 17.7 Å². The van der Waals surface area contributed by atoms with Crippen LogP contribution in [0.15, 0.2) is 52.6 Å². The SMILES string of the molecule is COc1cc([C@H](Nc2ccc(C(=N)N)cc2)c2nn(-c3ccsc3C(=O)O)c(=O)[nH]2)cc(OCCO)c1OC. The molecule has 2 heterocycles. The molecule has 0 radical (unpaired) electrons. The van der Waals surface area contributed by atoms with Gasteiger partial charge in [-0.3, -0.25) is 10.4 Å². The first-order chi connectivity index (χ1) is 18.8. The highest BCUT2D eigenvalue weighted by molar-refractivity contribution is 7.12. The van der Waals surface area contributed by atoms with E-state index in [9.17, 15) is 19.8 Å². The van der Waals surface area contributed by atoms with Gasteiger partial charge in [0.2, 0.25) is 5.75 Å². The number of benzene rings is 2. The van der Waals surface area contributed by atoms with Crippen LogP contribution in [0.5, 0.6) is 17.2 Å². The van der Waals surface area contributed by atoms with Gasteiger partial charge in [-0.15, -0.1) is 16.4 Å². The van der Waals surface area contributed by atoms with Crippen molar-refractivity contribution < 1.29 is 29.2 Å². The second-order valence-corrected chi connectivity index (χ2v) is 8.98. The third kappa shape index (κ3) is 5.71. The Balaban J connectivity index is 1.86. The molecule has 0 aliphatic carbocycles. The lowest BCUT2D eigenvalue weighted by Gasteiger charge is -2.21. The Bertz CT molecular complexity index is 1540. The minimum absolute atomic E-state index is 0.00481. The molecular formula is C25H26N6O7S. The average Bonchev–Trinajstić information content (AvgIpc) is 3.56. The number of aromatic carboxylic acids is 1. The average molecular weight is 555 g/mol. The number of aromatic nitrogens is 3. The summed E-state index contributed by atoms with van der Waals surface area (Å²) in [6.07, 6.45) is 0. The van der Waals surface area contributed by atoms with Crippen molar-refractivity contribution in [3.05, 3.63) is 80.2 Å². The molecule has 2 aromatic heterocycles. The Morgan fingerprint density at radius 1 is 1.21 bits per heavy atom. The first kappa shape index (κ1) is 27.2. The van der Waals surface area contributed by atoms with Crippen molar-refractivity contribution in [3.63, 3.8) is 0 Å². The number of rotatable bonds is 12. The molecule has 4 aromatic rings. The number of anilines is 1. The highest BCUT2D eigenvalue weighted by Crippen LogP contribution is 2.41. The fourth-order valence-corrected chi connectivity index (χ4v) is 4.57. The summed E-state index contributed by atoms with van der Waals surface area (Å²) >= 11 is 0.976. The molecule has 39 heavy (non-hydrogen) atoms. The maximum absolute atomic E-state index is 12.9. The number of amidine groups is 1. The number of thiophene rings is 1. The van der Waals surface area contributed by atoms with E-state index in [0.29, 0.717) is 28.3 Å².